The molecule has 3 aromatic rings. The number of benzene rings is 2. The first kappa shape index (κ1) is 17.0. The highest BCUT2D eigenvalue weighted by atomic mass is 19.4. The van der Waals surface area contributed by atoms with Crippen molar-refractivity contribution < 1.29 is 22.8 Å². The smallest absolute Gasteiger partial charge is 0.387 e. The fourth-order valence-electron chi connectivity index (χ4n) is 2.22. The van der Waals surface area contributed by atoms with Gasteiger partial charge in [-0.15, -0.1) is 0 Å². The number of nitrogens with zero attached hydrogens (tertiary/aromatic N) is 2. The topological polar surface area (TPSA) is 71.2 Å². The zero-order valence-electron chi connectivity index (χ0n) is 12.9. The summed E-state index contributed by atoms with van der Waals surface area (Å²) in [5.41, 5.74) is 0.0746. The maximum absolute atomic E-state index is 12.7. The van der Waals surface area contributed by atoms with Gasteiger partial charge in [-0.05, 0) is 35.0 Å². The van der Waals surface area contributed by atoms with Crippen LogP contribution in [0.3, 0.4) is 0 Å². The predicted molar refractivity (Wildman–Crippen MR) is 84.6 cm³/mol. The molecule has 8 heteroatoms. The van der Waals surface area contributed by atoms with Crippen LogP contribution in [0.4, 0.5) is 19.1 Å². The zero-order valence-corrected chi connectivity index (χ0v) is 12.9. The van der Waals surface area contributed by atoms with Crippen molar-refractivity contribution in [1.82, 2.24) is 10.1 Å². The number of anilines is 1. The lowest BCUT2D eigenvalue weighted by Gasteiger charge is -2.13. The highest BCUT2D eigenvalue weighted by Gasteiger charge is 2.30. The third kappa shape index (κ3) is 4.16. The van der Waals surface area contributed by atoms with Crippen LogP contribution in [0.2, 0.25) is 0 Å². The van der Waals surface area contributed by atoms with E-state index in [1.807, 2.05) is 18.2 Å². The van der Waals surface area contributed by atoms with E-state index in [0.717, 1.165) is 17.7 Å². The van der Waals surface area contributed by atoms with Crippen LogP contribution < -0.4 is 5.32 Å². The summed E-state index contributed by atoms with van der Waals surface area (Å²) >= 11 is 0. The minimum absolute atomic E-state index is 0.0604. The Kier molecular flexibility index (Phi) is 4.71. The number of rotatable bonds is 5. The Morgan fingerprint density at radius 1 is 1.08 bits per heavy atom. The van der Waals surface area contributed by atoms with Crippen molar-refractivity contribution in [3.63, 3.8) is 0 Å². The van der Waals surface area contributed by atoms with E-state index in [4.69, 9.17) is 4.52 Å². The van der Waals surface area contributed by atoms with Gasteiger partial charge in [0.2, 0.25) is 0 Å². The molecule has 1 heterocycles. The molecule has 0 aliphatic heterocycles. The SMILES string of the molecule is OC(CNc1noc(-c2ccccc2)n1)c1cccc(C(F)(F)F)c1. The molecule has 0 spiro atoms. The van der Waals surface area contributed by atoms with Gasteiger partial charge in [0.1, 0.15) is 0 Å². The minimum atomic E-state index is -4.46. The van der Waals surface area contributed by atoms with Crippen molar-refractivity contribution >= 4 is 5.95 Å². The fraction of sp³-hybridized carbons (Fsp3) is 0.176. The van der Waals surface area contributed by atoms with Crippen LogP contribution in [-0.4, -0.2) is 21.8 Å². The number of aliphatic hydroxyl groups is 1. The van der Waals surface area contributed by atoms with Crippen molar-refractivity contribution in [2.24, 2.45) is 0 Å². The van der Waals surface area contributed by atoms with Crippen molar-refractivity contribution in [1.29, 1.82) is 0 Å². The molecule has 0 fully saturated rings. The summed E-state index contributed by atoms with van der Waals surface area (Å²) in [6.07, 6.45) is -5.61. The molecule has 0 saturated heterocycles. The summed E-state index contributed by atoms with van der Waals surface area (Å²) in [4.78, 5) is 4.12. The summed E-state index contributed by atoms with van der Waals surface area (Å²) in [5, 5.41) is 16.6. The highest BCUT2D eigenvalue weighted by molar-refractivity contribution is 5.53. The third-order valence-corrected chi connectivity index (χ3v) is 3.50. The largest absolute Gasteiger partial charge is 0.416 e. The molecule has 0 amide bonds. The standard InChI is InChI=1S/C17H14F3N3O2/c18-17(19,20)13-8-4-7-12(9-13)14(24)10-21-16-22-15(25-23-16)11-5-2-1-3-6-11/h1-9,14,24H,10H2,(H,21,23). The number of aliphatic hydroxyl groups excluding tert-OH is 1. The monoisotopic (exact) mass is 349 g/mol. The Labute approximate surface area is 141 Å². The van der Waals surface area contributed by atoms with E-state index in [1.165, 1.54) is 12.1 Å². The second-order valence-electron chi connectivity index (χ2n) is 5.31. The molecule has 1 aromatic heterocycles. The predicted octanol–water partition coefficient (Wildman–Crippen LogP) is 3.90. The normalized spacial score (nSPS) is 12.8. The molecule has 130 valence electrons. The Morgan fingerprint density at radius 3 is 2.56 bits per heavy atom. The van der Waals surface area contributed by atoms with Crippen molar-refractivity contribution in [2.75, 3.05) is 11.9 Å². The molecule has 5 nitrogen and oxygen atoms in total. The highest BCUT2D eigenvalue weighted by Crippen LogP contribution is 2.30. The minimum Gasteiger partial charge on any atom is -0.387 e. The molecular formula is C17H14F3N3O2. The molecular weight excluding hydrogens is 335 g/mol. The molecule has 2 aromatic carbocycles. The number of hydrogen-bond acceptors (Lipinski definition) is 5. The van der Waals surface area contributed by atoms with Gasteiger partial charge in [-0.3, -0.25) is 0 Å². The van der Waals surface area contributed by atoms with E-state index >= 15 is 0 Å². The molecule has 0 saturated carbocycles. The first-order chi connectivity index (χ1) is 11.9. The third-order valence-electron chi connectivity index (χ3n) is 3.50. The molecule has 2 N–H and O–H groups in total. The summed E-state index contributed by atoms with van der Waals surface area (Å²) in [7, 11) is 0. The van der Waals surface area contributed by atoms with Gasteiger partial charge in [0.25, 0.3) is 11.8 Å². The lowest BCUT2D eigenvalue weighted by atomic mass is 10.1. The van der Waals surface area contributed by atoms with Crippen LogP contribution in [0.1, 0.15) is 17.2 Å². The van der Waals surface area contributed by atoms with Crippen molar-refractivity contribution in [3.05, 3.63) is 65.7 Å². The second-order valence-corrected chi connectivity index (χ2v) is 5.31. The van der Waals surface area contributed by atoms with Crippen LogP contribution in [0.5, 0.6) is 0 Å². The first-order valence-electron chi connectivity index (χ1n) is 7.42. The average molecular weight is 349 g/mol. The Balaban J connectivity index is 1.65. The van der Waals surface area contributed by atoms with Gasteiger partial charge in [0, 0.05) is 12.1 Å². The first-order valence-corrected chi connectivity index (χ1v) is 7.42. The van der Waals surface area contributed by atoms with Gasteiger partial charge in [0.05, 0.1) is 11.7 Å². The maximum atomic E-state index is 12.7. The van der Waals surface area contributed by atoms with Gasteiger partial charge in [-0.25, -0.2) is 0 Å². The van der Waals surface area contributed by atoms with Gasteiger partial charge in [-0.2, -0.15) is 18.2 Å². The van der Waals surface area contributed by atoms with Crippen molar-refractivity contribution in [2.45, 2.75) is 12.3 Å². The molecule has 0 aliphatic carbocycles. The molecule has 0 bridgehead atoms. The number of aromatic nitrogens is 2. The summed E-state index contributed by atoms with van der Waals surface area (Å²) in [6, 6.07) is 13.6. The number of halogens is 3. The fourth-order valence-corrected chi connectivity index (χ4v) is 2.22. The molecule has 1 unspecified atom stereocenters. The van der Waals surface area contributed by atoms with E-state index in [-0.39, 0.29) is 18.1 Å². The van der Waals surface area contributed by atoms with Crippen LogP contribution >= 0.6 is 0 Å². The van der Waals surface area contributed by atoms with Gasteiger partial charge >= 0.3 is 6.18 Å². The summed E-state index contributed by atoms with van der Waals surface area (Å²) < 4.78 is 43.2. The van der Waals surface area contributed by atoms with E-state index in [1.54, 1.807) is 12.1 Å². The second kappa shape index (κ2) is 6.94. The zero-order chi connectivity index (χ0) is 17.9. The number of alkyl halides is 3. The van der Waals surface area contributed by atoms with Gasteiger partial charge in [0.15, 0.2) is 0 Å². The van der Waals surface area contributed by atoms with Gasteiger partial charge in [-0.1, -0.05) is 30.3 Å². The average Bonchev–Trinajstić information content (AvgIpc) is 3.09. The van der Waals surface area contributed by atoms with E-state index < -0.39 is 17.8 Å². The number of hydrogen-bond donors (Lipinski definition) is 2. The molecule has 0 aliphatic rings. The Morgan fingerprint density at radius 2 is 1.84 bits per heavy atom. The molecule has 1 atom stereocenters. The van der Waals surface area contributed by atoms with E-state index in [0.29, 0.717) is 5.89 Å². The molecule has 25 heavy (non-hydrogen) atoms. The Hall–Kier alpha value is -2.87. The van der Waals surface area contributed by atoms with Gasteiger partial charge < -0.3 is 14.9 Å². The molecule has 0 radical (unpaired) electrons. The van der Waals surface area contributed by atoms with Crippen LogP contribution in [0, 0.1) is 0 Å². The number of nitrogens with one attached hydrogen (secondary N) is 1. The van der Waals surface area contributed by atoms with E-state index in [2.05, 4.69) is 15.5 Å². The molecule has 3 rings (SSSR count). The summed E-state index contributed by atoms with van der Waals surface area (Å²) in [5.74, 6) is 0.446. The summed E-state index contributed by atoms with van der Waals surface area (Å²) in [6.45, 7) is -0.0604. The lowest BCUT2D eigenvalue weighted by molar-refractivity contribution is -0.137. The Bertz CT molecular complexity index is 834. The maximum Gasteiger partial charge on any atom is 0.416 e. The van der Waals surface area contributed by atoms with Crippen LogP contribution in [0.15, 0.2) is 59.1 Å². The quantitative estimate of drug-likeness (QED) is 0.731. The van der Waals surface area contributed by atoms with Crippen molar-refractivity contribution in [3.8, 4) is 11.5 Å². The van der Waals surface area contributed by atoms with Crippen LogP contribution in [-0.2, 0) is 6.18 Å². The van der Waals surface area contributed by atoms with Crippen LogP contribution in [0.25, 0.3) is 11.5 Å². The van der Waals surface area contributed by atoms with E-state index in [9.17, 15) is 18.3 Å². The lowest BCUT2D eigenvalue weighted by Crippen LogP contribution is -2.14.